The summed E-state index contributed by atoms with van der Waals surface area (Å²) < 4.78 is 0. The van der Waals surface area contributed by atoms with Gasteiger partial charge < -0.3 is 10.2 Å². The number of carbonyl (C=O) groups is 3. The van der Waals surface area contributed by atoms with E-state index >= 15 is 0 Å². The average molecular weight is 460 g/mol. The Morgan fingerprint density at radius 3 is 2.27 bits per heavy atom. The Hall–Kier alpha value is -1.59. The van der Waals surface area contributed by atoms with Crippen LogP contribution in [-0.4, -0.2) is 52.8 Å². The molecule has 4 rings (SSSR count). The highest BCUT2D eigenvalue weighted by atomic mass is 16.2. The van der Waals surface area contributed by atoms with Gasteiger partial charge in [-0.3, -0.25) is 14.5 Å². The van der Waals surface area contributed by atoms with Crippen molar-refractivity contribution in [3.05, 3.63) is 0 Å². The van der Waals surface area contributed by atoms with Gasteiger partial charge in [0, 0.05) is 37.5 Å². The highest BCUT2D eigenvalue weighted by molar-refractivity contribution is 5.96. The summed E-state index contributed by atoms with van der Waals surface area (Å²) in [7, 11) is 2.00. The summed E-state index contributed by atoms with van der Waals surface area (Å²) in [4.78, 5) is 42.7. The molecule has 4 fully saturated rings. The molecular formula is C27H45N3O3. The molecule has 33 heavy (non-hydrogen) atoms. The zero-order chi connectivity index (χ0) is 24.3. The summed E-state index contributed by atoms with van der Waals surface area (Å²) in [5.41, 5.74) is 0.152. The van der Waals surface area contributed by atoms with Crippen molar-refractivity contribution in [2.45, 2.75) is 111 Å². The minimum atomic E-state index is -0.256. The Morgan fingerprint density at radius 2 is 1.64 bits per heavy atom. The van der Waals surface area contributed by atoms with E-state index in [2.05, 4.69) is 19.2 Å². The SMILES string of the molecule is CC(C)NC(=O)N(C(=O)C1CCC2C3CCC4N(C)C(=O)CCC4(C)C3CCC12C)C(C)C. The minimum absolute atomic E-state index is 0.00494. The molecule has 0 aromatic heterocycles. The molecule has 4 aliphatic rings. The topological polar surface area (TPSA) is 69.7 Å². The second kappa shape index (κ2) is 8.57. The fourth-order valence-corrected chi connectivity index (χ4v) is 8.63. The van der Waals surface area contributed by atoms with Crippen LogP contribution in [0.3, 0.4) is 0 Å². The minimum Gasteiger partial charge on any atom is -0.342 e. The van der Waals surface area contributed by atoms with E-state index in [0.29, 0.717) is 36.1 Å². The normalized spacial score (nSPS) is 40.3. The van der Waals surface area contributed by atoms with Gasteiger partial charge in [-0.25, -0.2) is 4.79 Å². The van der Waals surface area contributed by atoms with Crippen LogP contribution in [0.25, 0.3) is 0 Å². The molecule has 7 atom stereocenters. The first-order valence-corrected chi connectivity index (χ1v) is 13.3. The molecule has 0 spiro atoms. The van der Waals surface area contributed by atoms with Crippen LogP contribution in [0, 0.1) is 34.5 Å². The summed E-state index contributed by atoms with van der Waals surface area (Å²) >= 11 is 0. The third-order valence-corrected chi connectivity index (χ3v) is 10.2. The highest BCUT2D eigenvalue weighted by Gasteiger charge is 2.62. The van der Waals surface area contributed by atoms with Gasteiger partial charge in [-0.15, -0.1) is 0 Å². The van der Waals surface area contributed by atoms with Gasteiger partial charge in [-0.1, -0.05) is 13.8 Å². The number of rotatable bonds is 3. The van der Waals surface area contributed by atoms with Crippen molar-refractivity contribution in [1.82, 2.24) is 15.1 Å². The quantitative estimate of drug-likeness (QED) is 0.658. The van der Waals surface area contributed by atoms with Crippen LogP contribution in [0.1, 0.15) is 92.9 Å². The lowest BCUT2D eigenvalue weighted by Gasteiger charge is -2.61. The number of urea groups is 1. The van der Waals surface area contributed by atoms with E-state index in [1.54, 1.807) is 0 Å². The van der Waals surface area contributed by atoms with E-state index in [1.165, 1.54) is 4.90 Å². The molecule has 6 heteroatoms. The lowest BCUT2D eigenvalue weighted by molar-refractivity contribution is -0.161. The molecule has 6 nitrogen and oxygen atoms in total. The van der Waals surface area contributed by atoms with Gasteiger partial charge in [0.2, 0.25) is 11.8 Å². The number of amides is 4. The van der Waals surface area contributed by atoms with Crippen molar-refractivity contribution in [3.8, 4) is 0 Å². The van der Waals surface area contributed by atoms with Gasteiger partial charge in [0.25, 0.3) is 0 Å². The van der Waals surface area contributed by atoms with E-state index in [1.807, 2.05) is 39.6 Å². The van der Waals surface area contributed by atoms with Crippen LogP contribution in [0.5, 0.6) is 0 Å². The van der Waals surface area contributed by atoms with Crippen molar-refractivity contribution >= 4 is 17.8 Å². The number of piperidine rings is 1. The van der Waals surface area contributed by atoms with Gasteiger partial charge in [0.15, 0.2) is 0 Å². The first-order chi connectivity index (χ1) is 15.4. The fourth-order valence-electron chi connectivity index (χ4n) is 8.63. The summed E-state index contributed by atoms with van der Waals surface area (Å²) in [5, 5.41) is 2.94. The van der Waals surface area contributed by atoms with Crippen LogP contribution in [0.4, 0.5) is 4.79 Å². The Morgan fingerprint density at radius 1 is 0.970 bits per heavy atom. The summed E-state index contributed by atoms with van der Waals surface area (Å²) in [5.74, 6) is 2.04. The van der Waals surface area contributed by atoms with E-state index < -0.39 is 0 Å². The van der Waals surface area contributed by atoms with E-state index in [-0.39, 0.29) is 40.8 Å². The monoisotopic (exact) mass is 459 g/mol. The van der Waals surface area contributed by atoms with Crippen LogP contribution in [0.2, 0.25) is 0 Å². The van der Waals surface area contributed by atoms with Crippen LogP contribution < -0.4 is 5.32 Å². The fraction of sp³-hybridized carbons (Fsp3) is 0.889. The zero-order valence-corrected chi connectivity index (χ0v) is 21.8. The first-order valence-electron chi connectivity index (χ1n) is 13.3. The number of nitrogens with one attached hydrogen (secondary N) is 1. The maximum Gasteiger partial charge on any atom is 0.324 e. The van der Waals surface area contributed by atoms with Crippen LogP contribution in [-0.2, 0) is 9.59 Å². The van der Waals surface area contributed by atoms with Crippen molar-refractivity contribution in [1.29, 1.82) is 0 Å². The largest absolute Gasteiger partial charge is 0.342 e. The molecule has 0 aromatic carbocycles. The second-order valence-electron chi connectivity index (χ2n) is 12.6. The van der Waals surface area contributed by atoms with Crippen LogP contribution >= 0.6 is 0 Å². The molecule has 1 heterocycles. The maximum atomic E-state index is 13.8. The number of nitrogens with zero attached hydrogens (tertiary/aromatic N) is 2. The molecule has 1 N–H and O–H groups in total. The highest BCUT2D eigenvalue weighted by Crippen LogP contribution is 2.66. The third kappa shape index (κ3) is 3.80. The summed E-state index contributed by atoms with van der Waals surface area (Å²) in [6.07, 6.45) is 8.07. The molecule has 0 aromatic rings. The molecule has 0 radical (unpaired) electrons. The molecule has 3 saturated carbocycles. The van der Waals surface area contributed by atoms with Crippen LogP contribution in [0.15, 0.2) is 0 Å². The van der Waals surface area contributed by atoms with E-state index in [9.17, 15) is 14.4 Å². The standard InChI is InChI=1S/C27H45N3O3/c1-16(2)28-25(33)30(17(3)4)24(32)21-10-9-19-18-8-11-22-27(6,15-13-23(31)29(22)7)20(18)12-14-26(19,21)5/h16-22H,8-15H2,1-7H3,(H,28,33). The molecule has 7 unspecified atom stereocenters. The molecule has 186 valence electrons. The number of fused-ring (bicyclic) bond motifs is 5. The van der Waals surface area contributed by atoms with E-state index in [0.717, 1.165) is 44.9 Å². The summed E-state index contributed by atoms with van der Waals surface area (Å²) in [6.45, 7) is 12.5. The Kier molecular flexibility index (Phi) is 6.37. The molecule has 3 aliphatic carbocycles. The zero-order valence-electron chi connectivity index (χ0n) is 21.8. The lowest BCUT2D eigenvalue weighted by atomic mass is 9.47. The number of hydrogen-bond donors (Lipinski definition) is 1. The van der Waals surface area contributed by atoms with Gasteiger partial charge in [-0.05, 0) is 101 Å². The number of hydrogen-bond acceptors (Lipinski definition) is 3. The Labute approximate surface area is 200 Å². The van der Waals surface area contributed by atoms with Gasteiger partial charge in [0.1, 0.15) is 0 Å². The summed E-state index contributed by atoms with van der Waals surface area (Å²) in [6, 6.07) is -0.0433. The molecule has 0 bridgehead atoms. The number of imide groups is 1. The molecule has 4 amide bonds. The number of likely N-dealkylation sites (tertiary alicyclic amines) is 1. The molecule has 1 aliphatic heterocycles. The lowest BCUT2D eigenvalue weighted by Crippen LogP contribution is -2.61. The van der Waals surface area contributed by atoms with Gasteiger partial charge in [-0.2, -0.15) is 0 Å². The Balaban J connectivity index is 1.56. The third-order valence-electron chi connectivity index (χ3n) is 10.2. The van der Waals surface area contributed by atoms with Gasteiger partial charge >= 0.3 is 6.03 Å². The van der Waals surface area contributed by atoms with E-state index in [4.69, 9.17) is 0 Å². The number of carbonyl (C=O) groups excluding carboxylic acids is 3. The maximum absolute atomic E-state index is 13.8. The molecular weight excluding hydrogens is 414 g/mol. The van der Waals surface area contributed by atoms with Crippen molar-refractivity contribution < 1.29 is 14.4 Å². The first kappa shape index (κ1) is 24.5. The Bertz CT molecular complexity index is 810. The molecule has 1 saturated heterocycles. The smallest absolute Gasteiger partial charge is 0.324 e. The second-order valence-corrected chi connectivity index (χ2v) is 12.6. The van der Waals surface area contributed by atoms with Crippen molar-refractivity contribution in [3.63, 3.8) is 0 Å². The predicted octanol–water partition coefficient (Wildman–Crippen LogP) is 4.82. The van der Waals surface area contributed by atoms with Gasteiger partial charge in [0.05, 0.1) is 0 Å². The van der Waals surface area contributed by atoms with Crippen molar-refractivity contribution in [2.24, 2.45) is 34.5 Å². The average Bonchev–Trinajstić information content (AvgIpc) is 3.07. The predicted molar refractivity (Wildman–Crippen MR) is 129 cm³/mol. The van der Waals surface area contributed by atoms with Crippen molar-refractivity contribution in [2.75, 3.05) is 7.05 Å².